The largest absolute Gasteiger partial charge is 0.354 e. The number of rotatable bonds is 7. The Bertz CT molecular complexity index is 942. The van der Waals surface area contributed by atoms with Gasteiger partial charge in [-0.15, -0.1) is 0 Å². The molecule has 0 aliphatic carbocycles. The van der Waals surface area contributed by atoms with Gasteiger partial charge in [-0.2, -0.15) is 0 Å². The van der Waals surface area contributed by atoms with Gasteiger partial charge in [0.1, 0.15) is 0 Å². The van der Waals surface area contributed by atoms with Crippen molar-refractivity contribution in [2.45, 2.75) is 32.7 Å². The van der Waals surface area contributed by atoms with Gasteiger partial charge in [0.2, 0.25) is 5.91 Å². The lowest BCUT2D eigenvalue weighted by atomic mass is 9.88. The van der Waals surface area contributed by atoms with Gasteiger partial charge < -0.3 is 5.32 Å². The van der Waals surface area contributed by atoms with Gasteiger partial charge >= 0.3 is 0 Å². The topological polar surface area (TPSA) is 64.0 Å². The third kappa shape index (κ3) is 4.74. The predicted octanol–water partition coefficient (Wildman–Crippen LogP) is 3.20. The van der Waals surface area contributed by atoms with E-state index in [0.717, 1.165) is 16.8 Å². The Morgan fingerprint density at radius 1 is 1.00 bits per heavy atom. The van der Waals surface area contributed by atoms with E-state index in [-0.39, 0.29) is 17.4 Å². The van der Waals surface area contributed by atoms with Crippen LogP contribution < -0.4 is 10.9 Å². The molecular formula is C23H25N3O2. The first-order valence-corrected chi connectivity index (χ1v) is 9.45. The minimum Gasteiger partial charge on any atom is -0.354 e. The van der Waals surface area contributed by atoms with E-state index >= 15 is 0 Å². The van der Waals surface area contributed by atoms with Crippen molar-refractivity contribution >= 4 is 5.91 Å². The molecule has 1 N–H and O–H groups in total. The first-order chi connectivity index (χ1) is 13.6. The minimum atomic E-state index is -0.0619. The van der Waals surface area contributed by atoms with Crippen LogP contribution in [0.1, 0.15) is 34.7 Å². The number of carbonyl (C=O) groups is 1. The molecule has 0 aliphatic heterocycles. The SMILES string of the molecule is Cc1ncn(CCNC(=O)CC(c2ccccc2)c2ccccc2)c(=O)c1C. The number of nitrogens with zero attached hydrogens (tertiary/aromatic N) is 2. The summed E-state index contributed by atoms with van der Waals surface area (Å²) in [6.45, 7) is 4.37. The zero-order valence-electron chi connectivity index (χ0n) is 16.3. The first kappa shape index (κ1) is 19.5. The molecule has 3 aromatic rings. The third-order valence-electron chi connectivity index (χ3n) is 4.98. The summed E-state index contributed by atoms with van der Waals surface area (Å²) < 4.78 is 1.54. The van der Waals surface area contributed by atoms with Crippen LogP contribution >= 0.6 is 0 Å². The van der Waals surface area contributed by atoms with Crippen molar-refractivity contribution < 1.29 is 4.79 Å². The van der Waals surface area contributed by atoms with Crippen molar-refractivity contribution in [3.63, 3.8) is 0 Å². The number of amides is 1. The van der Waals surface area contributed by atoms with Crippen molar-refractivity contribution in [3.8, 4) is 0 Å². The number of carbonyl (C=O) groups excluding carboxylic acids is 1. The molecule has 0 saturated carbocycles. The van der Waals surface area contributed by atoms with E-state index in [0.29, 0.717) is 25.1 Å². The second-order valence-corrected chi connectivity index (χ2v) is 6.88. The lowest BCUT2D eigenvalue weighted by Gasteiger charge is -2.18. The molecule has 1 heterocycles. The zero-order chi connectivity index (χ0) is 19.9. The summed E-state index contributed by atoms with van der Waals surface area (Å²) in [7, 11) is 0. The molecule has 0 unspecified atom stereocenters. The number of aryl methyl sites for hydroxylation is 1. The number of hydrogen-bond donors (Lipinski definition) is 1. The maximum absolute atomic E-state index is 12.6. The van der Waals surface area contributed by atoms with E-state index < -0.39 is 0 Å². The average Bonchev–Trinajstić information content (AvgIpc) is 2.73. The van der Waals surface area contributed by atoms with Crippen LogP contribution in [-0.2, 0) is 11.3 Å². The predicted molar refractivity (Wildman–Crippen MR) is 110 cm³/mol. The van der Waals surface area contributed by atoms with Crippen molar-refractivity contribution in [1.29, 1.82) is 0 Å². The fraction of sp³-hybridized carbons (Fsp3) is 0.261. The maximum atomic E-state index is 12.6. The van der Waals surface area contributed by atoms with Gasteiger partial charge in [-0.3, -0.25) is 14.2 Å². The molecule has 3 rings (SSSR count). The van der Waals surface area contributed by atoms with E-state index in [1.165, 1.54) is 10.9 Å². The van der Waals surface area contributed by atoms with Crippen molar-refractivity contribution in [3.05, 3.63) is 99.7 Å². The smallest absolute Gasteiger partial charge is 0.256 e. The Kier molecular flexibility index (Phi) is 6.37. The van der Waals surface area contributed by atoms with Gasteiger partial charge in [0.25, 0.3) is 5.56 Å². The second kappa shape index (κ2) is 9.13. The summed E-state index contributed by atoms with van der Waals surface area (Å²) in [6.07, 6.45) is 1.89. The van der Waals surface area contributed by atoms with Gasteiger partial charge in [0.15, 0.2) is 0 Å². The van der Waals surface area contributed by atoms with E-state index in [2.05, 4.69) is 10.3 Å². The molecule has 0 saturated heterocycles. The molecule has 5 heteroatoms. The van der Waals surface area contributed by atoms with Crippen molar-refractivity contribution in [2.75, 3.05) is 6.54 Å². The minimum absolute atomic E-state index is 0.00610. The summed E-state index contributed by atoms with van der Waals surface area (Å²) in [5.41, 5.74) is 3.53. The van der Waals surface area contributed by atoms with Crippen LogP contribution in [0, 0.1) is 13.8 Å². The molecule has 0 bridgehead atoms. The Morgan fingerprint density at radius 2 is 1.57 bits per heavy atom. The van der Waals surface area contributed by atoms with Crippen LogP contribution in [0.2, 0.25) is 0 Å². The quantitative estimate of drug-likeness (QED) is 0.690. The Morgan fingerprint density at radius 3 is 2.14 bits per heavy atom. The van der Waals surface area contributed by atoms with E-state index in [4.69, 9.17) is 0 Å². The number of hydrogen-bond acceptors (Lipinski definition) is 3. The summed E-state index contributed by atoms with van der Waals surface area (Å²) in [6, 6.07) is 20.1. The molecule has 144 valence electrons. The van der Waals surface area contributed by atoms with Gasteiger partial charge in [0, 0.05) is 36.7 Å². The van der Waals surface area contributed by atoms with Crippen LogP contribution in [-0.4, -0.2) is 22.0 Å². The number of benzene rings is 2. The van der Waals surface area contributed by atoms with Gasteiger partial charge in [0.05, 0.1) is 6.33 Å². The fourth-order valence-corrected chi connectivity index (χ4v) is 3.21. The highest BCUT2D eigenvalue weighted by Crippen LogP contribution is 2.27. The van der Waals surface area contributed by atoms with Crippen LogP contribution in [0.15, 0.2) is 71.8 Å². The summed E-state index contributed by atoms with van der Waals surface area (Å²) >= 11 is 0. The van der Waals surface area contributed by atoms with E-state index in [1.54, 1.807) is 6.92 Å². The monoisotopic (exact) mass is 375 g/mol. The lowest BCUT2D eigenvalue weighted by molar-refractivity contribution is -0.121. The maximum Gasteiger partial charge on any atom is 0.256 e. The molecular weight excluding hydrogens is 350 g/mol. The van der Waals surface area contributed by atoms with Gasteiger partial charge in [-0.25, -0.2) is 4.98 Å². The molecule has 28 heavy (non-hydrogen) atoms. The standard InChI is InChI=1S/C23H25N3O2/c1-17-18(2)25-16-26(23(17)28)14-13-24-22(27)15-21(19-9-5-3-6-10-19)20-11-7-4-8-12-20/h3-12,16,21H,13-15H2,1-2H3,(H,24,27). The average molecular weight is 375 g/mol. The molecule has 0 fully saturated rings. The van der Waals surface area contributed by atoms with Gasteiger partial charge in [-0.1, -0.05) is 60.7 Å². The molecule has 0 atom stereocenters. The molecule has 1 amide bonds. The van der Waals surface area contributed by atoms with Crippen LogP contribution in [0.5, 0.6) is 0 Å². The molecule has 0 radical (unpaired) electrons. The lowest BCUT2D eigenvalue weighted by Crippen LogP contribution is -2.32. The Labute approximate surface area is 165 Å². The summed E-state index contributed by atoms with van der Waals surface area (Å²) in [4.78, 5) is 29.0. The molecule has 5 nitrogen and oxygen atoms in total. The highest BCUT2D eigenvalue weighted by atomic mass is 16.1. The highest BCUT2D eigenvalue weighted by Gasteiger charge is 2.17. The van der Waals surface area contributed by atoms with E-state index in [1.807, 2.05) is 67.6 Å². The Hall–Kier alpha value is -3.21. The molecule has 0 spiro atoms. The highest BCUT2D eigenvalue weighted by molar-refractivity contribution is 5.77. The normalized spacial score (nSPS) is 10.8. The van der Waals surface area contributed by atoms with Crippen molar-refractivity contribution in [2.24, 2.45) is 0 Å². The fourth-order valence-electron chi connectivity index (χ4n) is 3.21. The van der Waals surface area contributed by atoms with Crippen LogP contribution in [0.4, 0.5) is 0 Å². The van der Waals surface area contributed by atoms with E-state index in [9.17, 15) is 9.59 Å². The van der Waals surface area contributed by atoms with Crippen molar-refractivity contribution in [1.82, 2.24) is 14.9 Å². The first-order valence-electron chi connectivity index (χ1n) is 9.45. The third-order valence-corrected chi connectivity index (χ3v) is 4.98. The number of aromatic nitrogens is 2. The van der Waals surface area contributed by atoms with Crippen LogP contribution in [0.25, 0.3) is 0 Å². The molecule has 0 aliphatic rings. The second-order valence-electron chi connectivity index (χ2n) is 6.88. The van der Waals surface area contributed by atoms with Gasteiger partial charge in [-0.05, 0) is 25.0 Å². The summed E-state index contributed by atoms with van der Waals surface area (Å²) in [5, 5.41) is 2.94. The Balaban J connectivity index is 1.65. The number of nitrogens with one attached hydrogen (secondary N) is 1. The van der Waals surface area contributed by atoms with Crippen LogP contribution in [0.3, 0.4) is 0 Å². The zero-order valence-corrected chi connectivity index (χ0v) is 16.3. The molecule has 1 aromatic heterocycles. The molecule has 2 aromatic carbocycles. The summed E-state index contributed by atoms with van der Waals surface area (Å²) in [5.74, 6) is -0.0454.